The van der Waals surface area contributed by atoms with Gasteiger partial charge in [-0.3, -0.25) is 14.4 Å². The fourth-order valence-electron chi connectivity index (χ4n) is 4.10. The number of ketones is 2. The molecule has 0 aliphatic carbocycles. The summed E-state index contributed by atoms with van der Waals surface area (Å²) >= 11 is 0. The highest BCUT2D eigenvalue weighted by Gasteiger charge is 2.19. The first-order valence-electron chi connectivity index (χ1n) is 13.3. The Hall–Kier alpha value is -3.55. The van der Waals surface area contributed by atoms with Gasteiger partial charge in [0.25, 0.3) is 0 Å². The third-order valence-electron chi connectivity index (χ3n) is 5.88. The fourth-order valence-corrected chi connectivity index (χ4v) is 4.10. The molecule has 8 nitrogen and oxygen atoms in total. The van der Waals surface area contributed by atoms with Crippen LogP contribution in [0.4, 0.5) is 0 Å². The van der Waals surface area contributed by atoms with Gasteiger partial charge in [-0.2, -0.15) is 0 Å². The van der Waals surface area contributed by atoms with Crippen molar-refractivity contribution in [2.45, 2.75) is 73.1 Å². The summed E-state index contributed by atoms with van der Waals surface area (Å²) in [5.41, 5.74) is 2.17. The average Bonchev–Trinajstić information content (AvgIpc) is 2.87. The van der Waals surface area contributed by atoms with Crippen molar-refractivity contribution in [2.75, 3.05) is 26.4 Å². The minimum atomic E-state index is -0.326. The third kappa shape index (κ3) is 8.50. The van der Waals surface area contributed by atoms with Crippen molar-refractivity contribution >= 4 is 17.5 Å². The van der Waals surface area contributed by atoms with Gasteiger partial charge in [0.05, 0.1) is 44.0 Å². The van der Waals surface area contributed by atoms with Crippen LogP contribution in [0.25, 0.3) is 0 Å². The molecule has 0 aliphatic rings. The Bertz CT molecular complexity index is 1110. The van der Waals surface area contributed by atoms with Crippen LogP contribution in [0.5, 0.6) is 23.0 Å². The number of esters is 1. The number of phenolic OH excluding ortho intramolecular Hbond substituents is 1. The molecular formula is C30H40O8. The first-order valence-corrected chi connectivity index (χ1v) is 13.3. The smallest absolute Gasteiger partial charge is 0.309 e. The van der Waals surface area contributed by atoms with Gasteiger partial charge in [-0.15, -0.1) is 0 Å². The average molecular weight is 529 g/mol. The molecule has 1 N–H and O–H groups in total. The van der Waals surface area contributed by atoms with E-state index in [-0.39, 0.29) is 41.9 Å². The lowest BCUT2D eigenvalue weighted by molar-refractivity contribution is -0.143. The number of rotatable bonds is 17. The quantitative estimate of drug-likeness (QED) is 0.154. The number of hydrogen-bond acceptors (Lipinski definition) is 8. The minimum absolute atomic E-state index is 0.0248. The van der Waals surface area contributed by atoms with E-state index in [0.717, 1.165) is 18.4 Å². The van der Waals surface area contributed by atoms with E-state index < -0.39 is 0 Å². The second-order valence-electron chi connectivity index (χ2n) is 8.92. The lowest BCUT2D eigenvalue weighted by Crippen LogP contribution is -2.13. The largest absolute Gasteiger partial charge is 0.507 e. The summed E-state index contributed by atoms with van der Waals surface area (Å²) in [6, 6.07) is 6.72. The Labute approximate surface area is 225 Å². The first kappa shape index (κ1) is 30.7. The van der Waals surface area contributed by atoms with E-state index in [1.54, 1.807) is 31.2 Å². The highest BCUT2D eigenvalue weighted by molar-refractivity contribution is 5.98. The Morgan fingerprint density at radius 1 is 0.737 bits per heavy atom. The Balaban J connectivity index is 2.11. The summed E-state index contributed by atoms with van der Waals surface area (Å²) in [7, 11) is 0. The number of hydrogen-bond donors (Lipinski definition) is 1. The number of phenols is 1. The second kappa shape index (κ2) is 15.6. The van der Waals surface area contributed by atoms with Gasteiger partial charge in [0, 0.05) is 17.5 Å². The van der Waals surface area contributed by atoms with E-state index in [1.807, 2.05) is 13.8 Å². The SMILES string of the molecule is CCCc1c(OCCCOc2c(C(C)=O)ccc(OCCC(=O)OCC)c2CCC)ccc(C(C)=O)c1O. The normalized spacial score (nSPS) is 10.7. The lowest BCUT2D eigenvalue weighted by Gasteiger charge is -2.19. The highest BCUT2D eigenvalue weighted by atomic mass is 16.5. The summed E-state index contributed by atoms with van der Waals surface area (Å²) in [6.07, 6.45) is 3.49. The van der Waals surface area contributed by atoms with Crippen LogP contribution in [-0.4, -0.2) is 49.1 Å². The van der Waals surface area contributed by atoms with Crippen LogP contribution in [-0.2, 0) is 22.4 Å². The summed E-state index contributed by atoms with van der Waals surface area (Å²) in [4.78, 5) is 35.8. The van der Waals surface area contributed by atoms with Crippen LogP contribution in [0, 0.1) is 0 Å². The predicted octanol–water partition coefficient (Wildman–Crippen LogP) is 5.88. The zero-order chi connectivity index (χ0) is 28.1. The van der Waals surface area contributed by atoms with Crippen molar-refractivity contribution in [3.05, 3.63) is 46.5 Å². The van der Waals surface area contributed by atoms with Gasteiger partial charge < -0.3 is 24.1 Å². The molecule has 2 aromatic rings. The van der Waals surface area contributed by atoms with Gasteiger partial charge in [-0.25, -0.2) is 0 Å². The van der Waals surface area contributed by atoms with Crippen LogP contribution in [0.3, 0.4) is 0 Å². The number of aromatic hydroxyl groups is 1. The number of carbonyl (C=O) groups excluding carboxylic acids is 3. The maximum Gasteiger partial charge on any atom is 0.309 e. The highest BCUT2D eigenvalue weighted by Crippen LogP contribution is 2.35. The molecular weight excluding hydrogens is 488 g/mol. The molecule has 0 amide bonds. The summed E-state index contributed by atoms with van der Waals surface area (Å²) < 4.78 is 22.9. The van der Waals surface area contributed by atoms with Crippen LogP contribution < -0.4 is 14.2 Å². The van der Waals surface area contributed by atoms with E-state index >= 15 is 0 Å². The first-order chi connectivity index (χ1) is 18.2. The maximum atomic E-state index is 12.3. The Morgan fingerprint density at radius 2 is 1.29 bits per heavy atom. The molecule has 0 aliphatic heterocycles. The van der Waals surface area contributed by atoms with Crippen LogP contribution in [0.2, 0.25) is 0 Å². The third-order valence-corrected chi connectivity index (χ3v) is 5.88. The minimum Gasteiger partial charge on any atom is -0.507 e. The number of Topliss-reactive ketones (excluding diaryl/α,β-unsaturated/α-hetero) is 2. The maximum absolute atomic E-state index is 12.3. The van der Waals surface area contributed by atoms with E-state index in [4.69, 9.17) is 18.9 Å². The molecule has 0 atom stereocenters. The van der Waals surface area contributed by atoms with Gasteiger partial charge >= 0.3 is 5.97 Å². The van der Waals surface area contributed by atoms with Crippen LogP contribution >= 0.6 is 0 Å². The van der Waals surface area contributed by atoms with Crippen molar-refractivity contribution in [1.82, 2.24) is 0 Å². The van der Waals surface area contributed by atoms with Gasteiger partial charge in [0.2, 0.25) is 0 Å². The van der Waals surface area contributed by atoms with Crippen molar-refractivity contribution in [1.29, 1.82) is 0 Å². The van der Waals surface area contributed by atoms with E-state index in [0.29, 0.717) is 67.5 Å². The molecule has 0 aromatic heterocycles. The zero-order valence-electron chi connectivity index (χ0n) is 23.2. The van der Waals surface area contributed by atoms with Gasteiger partial charge in [-0.05, 0) is 57.9 Å². The molecule has 2 rings (SSSR count). The van der Waals surface area contributed by atoms with Gasteiger partial charge in [0.1, 0.15) is 23.0 Å². The molecule has 208 valence electrons. The molecule has 2 aromatic carbocycles. The standard InChI is InChI=1S/C30H40O8/c1-6-10-24-26(14-12-22(20(4)31)29(24)34)36-17-9-18-38-30-23(21(5)32)13-15-27(25(30)11-7-2)37-19-16-28(33)35-8-3/h12-15,34H,6-11,16-19H2,1-5H3. The molecule has 38 heavy (non-hydrogen) atoms. The molecule has 0 unspecified atom stereocenters. The Morgan fingerprint density at radius 3 is 1.89 bits per heavy atom. The predicted molar refractivity (Wildman–Crippen MR) is 145 cm³/mol. The van der Waals surface area contributed by atoms with E-state index in [2.05, 4.69) is 0 Å². The number of carbonyl (C=O) groups is 3. The van der Waals surface area contributed by atoms with Crippen molar-refractivity contribution in [3.8, 4) is 23.0 Å². The van der Waals surface area contributed by atoms with Gasteiger partial charge in [0.15, 0.2) is 11.6 Å². The Kier molecular flexibility index (Phi) is 12.6. The monoisotopic (exact) mass is 528 g/mol. The van der Waals surface area contributed by atoms with Crippen LogP contribution in [0.1, 0.15) is 92.1 Å². The molecule has 0 saturated heterocycles. The summed E-state index contributed by atoms with van der Waals surface area (Å²) in [6.45, 7) is 9.80. The molecule has 8 heteroatoms. The van der Waals surface area contributed by atoms with Crippen molar-refractivity contribution < 1.29 is 38.4 Å². The molecule has 0 saturated carbocycles. The molecule has 0 fully saturated rings. The van der Waals surface area contributed by atoms with E-state index in [1.165, 1.54) is 13.8 Å². The zero-order valence-corrected chi connectivity index (χ0v) is 23.2. The topological polar surface area (TPSA) is 108 Å². The molecule has 0 radical (unpaired) electrons. The van der Waals surface area contributed by atoms with E-state index in [9.17, 15) is 19.5 Å². The van der Waals surface area contributed by atoms with Gasteiger partial charge in [-0.1, -0.05) is 26.7 Å². The lowest BCUT2D eigenvalue weighted by atomic mass is 10.0. The molecule has 0 spiro atoms. The fraction of sp³-hybridized carbons (Fsp3) is 0.500. The summed E-state index contributed by atoms with van der Waals surface area (Å²) in [5.74, 6) is 0.951. The number of ether oxygens (including phenoxy) is 4. The van der Waals surface area contributed by atoms with Crippen molar-refractivity contribution in [2.24, 2.45) is 0 Å². The second-order valence-corrected chi connectivity index (χ2v) is 8.92. The number of benzene rings is 2. The van der Waals surface area contributed by atoms with Crippen LogP contribution in [0.15, 0.2) is 24.3 Å². The molecule has 0 bridgehead atoms. The molecule has 0 heterocycles. The summed E-state index contributed by atoms with van der Waals surface area (Å²) in [5, 5.41) is 10.5. The van der Waals surface area contributed by atoms with Crippen molar-refractivity contribution in [3.63, 3.8) is 0 Å².